The number of carbonyl (C=O) groups excluding carboxylic acids is 1. The summed E-state index contributed by atoms with van der Waals surface area (Å²) in [6, 6.07) is 15.0. The van der Waals surface area contributed by atoms with Gasteiger partial charge in [0.25, 0.3) is 5.91 Å². The van der Waals surface area contributed by atoms with Crippen LogP contribution in [-0.2, 0) is 0 Å². The molecule has 108 valence electrons. The largest absolute Gasteiger partial charge is 0.272 e. The average Bonchev–Trinajstić information content (AvgIpc) is 2.49. The second kappa shape index (κ2) is 7.04. The van der Waals surface area contributed by atoms with E-state index >= 15 is 0 Å². The van der Waals surface area contributed by atoms with E-state index in [1.165, 1.54) is 5.56 Å². The second-order valence-electron chi connectivity index (χ2n) is 4.70. The van der Waals surface area contributed by atoms with Crippen molar-refractivity contribution >= 4 is 23.2 Å². The van der Waals surface area contributed by atoms with Crippen LogP contribution >= 0.6 is 11.6 Å². The first-order chi connectivity index (χ1) is 10.1. The molecular formula is C17H17ClN2O. The predicted molar refractivity (Wildman–Crippen MR) is 86.9 cm³/mol. The molecule has 0 aliphatic rings. The number of hydrogen-bond acceptors (Lipinski definition) is 2. The Morgan fingerprint density at radius 3 is 2.43 bits per heavy atom. The molecule has 2 rings (SSSR count). The lowest BCUT2D eigenvalue weighted by molar-refractivity contribution is 0.0955. The molecule has 2 aromatic rings. The SMILES string of the molecule is CC/C(=N\NC(=O)c1ccccc1Cl)c1ccc(C)cc1. The van der Waals surface area contributed by atoms with Gasteiger partial charge in [0.15, 0.2) is 0 Å². The topological polar surface area (TPSA) is 41.5 Å². The number of nitrogens with one attached hydrogen (secondary N) is 1. The molecular weight excluding hydrogens is 284 g/mol. The number of benzene rings is 2. The molecule has 3 nitrogen and oxygen atoms in total. The summed E-state index contributed by atoms with van der Waals surface area (Å²) < 4.78 is 0. The Labute approximate surface area is 129 Å². The van der Waals surface area contributed by atoms with Gasteiger partial charge in [-0.1, -0.05) is 60.5 Å². The van der Waals surface area contributed by atoms with Gasteiger partial charge < -0.3 is 0 Å². The summed E-state index contributed by atoms with van der Waals surface area (Å²) in [7, 11) is 0. The van der Waals surface area contributed by atoms with Crippen molar-refractivity contribution in [3.63, 3.8) is 0 Å². The van der Waals surface area contributed by atoms with Crippen molar-refractivity contribution in [2.24, 2.45) is 5.10 Å². The number of rotatable bonds is 4. The van der Waals surface area contributed by atoms with Gasteiger partial charge in [0.1, 0.15) is 0 Å². The normalized spacial score (nSPS) is 11.3. The van der Waals surface area contributed by atoms with Crippen LogP contribution in [0.5, 0.6) is 0 Å². The van der Waals surface area contributed by atoms with E-state index in [9.17, 15) is 4.79 Å². The Balaban J connectivity index is 2.16. The fourth-order valence-electron chi connectivity index (χ4n) is 1.92. The van der Waals surface area contributed by atoms with E-state index in [0.29, 0.717) is 10.6 Å². The van der Waals surface area contributed by atoms with Crippen LogP contribution in [0, 0.1) is 6.92 Å². The van der Waals surface area contributed by atoms with E-state index < -0.39 is 0 Å². The Kier molecular flexibility index (Phi) is 5.12. The van der Waals surface area contributed by atoms with Crippen LogP contribution in [0.3, 0.4) is 0 Å². The molecule has 0 atom stereocenters. The summed E-state index contributed by atoms with van der Waals surface area (Å²) in [5.41, 5.74) is 6.01. The number of halogens is 1. The third-order valence-electron chi connectivity index (χ3n) is 3.13. The average molecular weight is 301 g/mol. The Morgan fingerprint density at radius 1 is 1.14 bits per heavy atom. The third kappa shape index (κ3) is 3.92. The van der Waals surface area contributed by atoms with Gasteiger partial charge in [-0.2, -0.15) is 5.10 Å². The lowest BCUT2D eigenvalue weighted by Gasteiger charge is -2.06. The molecule has 1 amide bonds. The maximum absolute atomic E-state index is 12.1. The van der Waals surface area contributed by atoms with Crippen LogP contribution in [0.15, 0.2) is 53.6 Å². The fraction of sp³-hybridized carbons (Fsp3) is 0.176. The van der Waals surface area contributed by atoms with Crippen LogP contribution < -0.4 is 5.43 Å². The van der Waals surface area contributed by atoms with Crippen LogP contribution in [0.1, 0.15) is 34.8 Å². The Bertz CT molecular complexity index is 663. The molecule has 0 spiro atoms. The molecule has 0 aromatic heterocycles. The molecule has 0 aliphatic heterocycles. The highest BCUT2D eigenvalue weighted by Crippen LogP contribution is 2.14. The number of hydrazone groups is 1. The highest BCUT2D eigenvalue weighted by atomic mass is 35.5. The Hall–Kier alpha value is -2.13. The highest BCUT2D eigenvalue weighted by molar-refractivity contribution is 6.33. The highest BCUT2D eigenvalue weighted by Gasteiger charge is 2.09. The lowest BCUT2D eigenvalue weighted by Crippen LogP contribution is -2.20. The van der Waals surface area contributed by atoms with Crippen molar-refractivity contribution in [2.45, 2.75) is 20.3 Å². The summed E-state index contributed by atoms with van der Waals surface area (Å²) >= 11 is 5.99. The summed E-state index contributed by atoms with van der Waals surface area (Å²) in [6.07, 6.45) is 0.728. The van der Waals surface area contributed by atoms with Gasteiger partial charge in [0.2, 0.25) is 0 Å². The second-order valence-corrected chi connectivity index (χ2v) is 5.11. The standard InChI is InChI=1S/C17H17ClN2O/c1-3-16(13-10-8-12(2)9-11-13)19-20-17(21)14-6-4-5-7-15(14)18/h4-11H,3H2,1-2H3,(H,20,21)/b19-16+. The summed E-state index contributed by atoms with van der Waals surface area (Å²) in [6.45, 7) is 4.03. The van der Waals surface area contributed by atoms with Crippen molar-refractivity contribution in [3.8, 4) is 0 Å². The van der Waals surface area contributed by atoms with Gasteiger partial charge in [0.05, 0.1) is 16.3 Å². The quantitative estimate of drug-likeness (QED) is 0.667. The molecule has 0 aliphatic carbocycles. The minimum Gasteiger partial charge on any atom is -0.267 e. The zero-order chi connectivity index (χ0) is 15.2. The summed E-state index contributed by atoms with van der Waals surface area (Å²) in [5.74, 6) is -0.307. The molecule has 0 bridgehead atoms. The zero-order valence-electron chi connectivity index (χ0n) is 12.1. The minimum absolute atomic E-state index is 0.307. The molecule has 0 saturated carbocycles. The molecule has 1 N–H and O–H groups in total. The van der Waals surface area contributed by atoms with E-state index in [1.807, 2.05) is 38.1 Å². The number of hydrogen-bond donors (Lipinski definition) is 1. The third-order valence-corrected chi connectivity index (χ3v) is 3.46. The number of nitrogens with zero attached hydrogens (tertiary/aromatic N) is 1. The molecule has 0 radical (unpaired) electrons. The number of carbonyl (C=O) groups is 1. The molecule has 0 fully saturated rings. The van der Waals surface area contributed by atoms with E-state index in [0.717, 1.165) is 17.7 Å². The van der Waals surface area contributed by atoms with Crippen LogP contribution in [-0.4, -0.2) is 11.6 Å². The maximum atomic E-state index is 12.1. The van der Waals surface area contributed by atoms with Gasteiger partial charge >= 0.3 is 0 Å². The van der Waals surface area contributed by atoms with E-state index in [1.54, 1.807) is 24.3 Å². The van der Waals surface area contributed by atoms with Gasteiger partial charge in [-0.05, 0) is 31.0 Å². The molecule has 0 heterocycles. The van der Waals surface area contributed by atoms with Crippen molar-refractivity contribution in [2.75, 3.05) is 0 Å². The van der Waals surface area contributed by atoms with E-state index in [4.69, 9.17) is 11.6 Å². The lowest BCUT2D eigenvalue weighted by atomic mass is 10.1. The number of amides is 1. The van der Waals surface area contributed by atoms with Gasteiger partial charge in [-0.25, -0.2) is 5.43 Å². The van der Waals surface area contributed by atoms with Crippen molar-refractivity contribution in [1.29, 1.82) is 0 Å². The van der Waals surface area contributed by atoms with Gasteiger partial charge in [0, 0.05) is 0 Å². The monoisotopic (exact) mass is 300 g/mol. The summed E-state index contributed by atoms with van der Waals surface area (Å²) in [5, 5.41) is 4.63. The first kappa shape index (κ1) is 15.3. The fourth-order valence-corrected chi connectivity index (χ4v) is 2.14. The van der Waals surface area contributed by atoms with Crippen LogP contribution in [0.2, 0.25) is 5.02 Å². The molecule has 0 saturated heterocycles. The molecule has 21 heavy (non-hydrogen) atoms. The Morgan fingerprint density at radius 2 is 1.81 bits per heavy atom. The molecule has 0 unspecified atom stereocenters. The van der Waals surface area contributed by atoms with Crippen molar-refractivity contribution < 1.29 is 4.79 Å². The van der Waals surface area contributed by atoms with Gasteiger partial charge in [-0.3, -0.25) is 4.79 Å². The van der Waals surface area contributed by atoms with Gasteiger partial charge in [-0.15, -0.1) is 0 Å². The predicted octanol–water partition coefficient (Wildman–Crippen LogP) is 4.19. The maximum Gasteiger partial charge on any atom is 0.272 e. The molecule has 4 heteroatoms. The van der Waals surface area contributed by atoms with Crippen molar-refractivity contribution in [3.05, 3.63) is 70.2 Å². The van der Waals surface area contributed by atoms with E-state index in [2.05, 4.69) is 10.5 Å². The summed E-state index contributed by atoms with van der Waals surface area (Å²) in [4.78, 5) is 12.1. The van der Waals surface area contributed by atoms with Crippen LogP contribution in [0.4, 0.5) is 0 Å². The zero-order valence-corrected chi connectivity index (χ0v) is 12.8. The van der Waals surface area contributed by atoms with E-state index in [-0.39, 0.29) is 5.91 Å². The minimum atomic E-state index is -0.307. The molecule has 2 aromatic carbocycles. The van der Waals surface area contributed by atoms with Crippen molar-refractivity contribution in [1.82, 2.24) is 5.43 Å². The first-order valence-corrected chi connectivity index (χ1v) is 7.18. The first-order valence-electron chi connectivity index (χ1n) is 6.80. The van der Waals surface area contributed by atoms with Crippen LogP contribution in [0.25, 0.3) is 0 Å². The smallest absolute Gasteiger partial charge is 0.267 e. The number of aryl methyl sites for hydroxylation is 1.